The third kappa shape index (κ3) is 4.90. The topological polar surface area (TPSA) is 93.7 Å². The molecule has 0 saturated carbocycles. The quantitative estimate of drug-likeness (QED) is 0.127. The minimum absolute atomic E-state index is 0.000143. The Morgan fingerprint density at radius 2 is 1.77 bits per heavy atom. The summed E-state index contributed by atoms with van der Waals surface area (Å²) < 4.78 is 12.4. The highest BCUT2D eigenvalue weighted by Gasteiger charge is 2.42. The van der Waals surface area contributed by atoms with Gasteiger partial charge in [0.05, 0.1) is 16.7 Å². The highest BCUT2D eigenvalue weighted by molar-refractivity contribution is 7.80. The Bertz CT molecular complexity index is 1690. The molecule has 1 fully saturated rings. The van der Waals surface area contributed by atoms with Gasteiger partial charge in [0.15, 0.2) is 5.11 Å². The van der Waals surface area contributed by atoms with Crippen LogP contribution >= 0.6 is 12.2 Å². The van der Waals surface area contributed by atoms with E-state index in [9.17, 15) is 10.1 Å². The first-order valence-corrected chi connectivity index (χ1v) is 13.1. The number of furan rings is 1. The molecular weight excluding hydrogens is 524 g/mol. The number of hydrogen-bond acceptors (Lipinski definition) is 6. The molecular formula is C31H24N4O4S. The Labute approximate surface area is 236 Å². The normalized spacial score (nSPS) is 16.5. The van der Waals surface area contributed by atoms with Gasteiger partial charge in [-0.1, -0.05) is 36.4 Å². The molecule has 3 aromatic carbocycles. The summed E-state index contributed by atoms with van der Waals surface area (Å²) in [6.07, 6.45) is 1.74. The smallest absolute Gasteiger partial charge is 0.270 e. The molecule has 6 rings (SSSR count). The molecule has 0 radical (unpaired) electrons. The molecule has 2 aromatic heterocycles. The minimum atomic E-state index is -0.419. The number of non-ortho nitro benzene ring substituents is 1. The number of aromatic nitrogens is 1. The first-order chi connectivity index (χ1) is 19.5. The lowest BCUT2D eigenvalue weighted by Crippen LogP contribution is -2.29. The third-order valence-electron chi connectivity index (χ3n) is 6.79. The van der Waals surface area contributed by atoms with E-state index in [-0.39, 0.29) is 17.8 Å². The molecule has 0 amide bonds. The monoisotopic (exact) mass is 548 g/mol. The molecule has 1 aliphatic heterocycles. The van der Waals surface area contributed by atoms with E-state index in [4.69, 9.17) is 21.4 Å². The average Bonchev–Trinajstić information content (AvgIpc) is 3.60. The van der Waals surface area contributed by atoms with Crippen molar-refractivity contribution in [3.8, 4) is 22.8 Å². The van der Waals surface area contributed by atoms with Crippen LogP contribution in [0.15, 0.2) is 114 Å². The minimum Gasteiger partial charge on any atom is -0.459 e. The molecule has 1 N–H and O–H groups in total. The number of benzene rings is 3. The van der Waals surface area contributed by atoms with Gasteiger partial charge >= 0.3 is 0 Å². The summed E-state index contributed by atoms with van der Waals surface area (Å²) in [6, 6.07) is 30.8. The van der Waals surface area contributed by atoms with E-state index < -0.39 is 4.92 Å². The molecule has 198 valence electrons. The first kappa shape index (κ1) is 25.3. The van der Waals surface area contributed by atoms with Gasteiger partial charge in [0.1, 0.15) is 29.1 Å². The summed E-state index contributed by atoms with van der Waals surface area (Å²) in [5, 5.41) is 15.3. The van der Waals surface area contributed by atoms with Crippen molar-refractivity contribution in [2.45, 2.75) is 19.0 Å². The maximum atomic E-state index is 11.3. The van der Waals surface area contributed by atoms with Crippen molar-refractivity contribution in [1.82, 2.24) is 10.3 Å². The molecule has 2 atom stereocenters. The van der Waals surface area contributed by atoms with E-state index in [2.05, 4.69) is 10.3 Å². The Balaban J connectivity index is 1.36. The summed E-state index contributed by atoms with van der Waals surface area (Å²) in [5.74, 6) is 2.67. The van der Waals surface area contributed by atoms with Gasteiger partial charge < -0.3 is 19.4 Å². The fraction of sp³-hybridized carbons (Fsp3) is 0.0968. The highest BCUT2D eigenvalue weighted by Crippen LogP contribution is 2.43. The third-order valence-corrected chi connectivity index (χ3v) is 7.11. The predicted octanol–water partition coefficient (Wildman–Crippen LogP) is 7.53. The zero-order valence-corrected chi connectivity index (χ0v) is 22.2. The lowest BCUT2D eigenvalue weighted by Gasteiger charge is -2.26. The second kappa shape index (κ2) is 10.6. The number of anilines is 1. The molecule has 5 aromatic rings. The van der Waals surface area contributed by atoms with Gasteiger partial charge in [-0.2, -0.15) is 0 Å². The molecule has 1 saturated heterocycles. The largest absolute Gasteiger partial charge is 0.459 e. The zero-order chi connectivity index (χ0) is 27.6. The number of nitro benzene ring substituents is 1. The summed E-state index contributed by atoms with van der Waals surface area (Å²) in [4.78, 5) is 17.5. The van der Waals surface area contributed by atoms with Crippen molar-refractivity contribution in [2.75, 3.05) is 4.90 Å². The maximum absolute atomic E-state index is 11.3. The lowest BCUT2D eigenvalue weighted by atomic mass is 10.0. The standard InChI is InChI=1S/C31H24N4O4S/c1-20-7-2-3-11-26(20)38-24-14-12-22(13-15-24)34-30(29(33-31(34)40)25-10-4-5-18-32-25)28-17-16-27(39-28)21-8-6-9-23(19-21)35(36)37/h2-19,29-30H,1H3,(H,33,40)/t29-,30+/m1/s1. The first-order valence-electron chi connectivity index (χ1n) is 12.7. The Hall–Kier alpha value is -5.02. The summed E-state index contributed by atoms with van der Waals surface area (Å²) in [7, 11) is 0. The van der Waals surface area contributed by atoms with Crippen LogP contribution in [0.1, 0.15) is 29.1 Å². The molecule has 8 nitrogen and oxygen atoms in total. The van der Waals surface area contributed by atoms with Crippen molar-refractivity contribution in [1.29, 1.82) is 0 Å². The molecule has 0 bridgehead atoms. The SMILES string of the molecule is Cc1ccccc1Oc1ccc(N2C(=S)N[C@H](c3ccccn3)[C@@H]2c2ccc(-c3cccc([N+](=O)[O-])c3)o2)cc1. The number of ether oxygens (including phenoxy) is 1. The average molecular weight is 549 g/mol. The molecule has 0 aliphatic carbocycles. The van der Waals surface area contributed by atoms with Gasteiger partial charge in [-0.05, 0) is 79.3 Å². The van der Waals surface area contributed by atoms with E-state index in [0.717, 1.165) is 22.7 Å². The van der Waals surface area contributed by atoms with Crippen LogP contribution in [0.4, 0.5) is 11.4 Å². The van der Waals surface area contributed by atoms with Gasteiger partial charge in [0.25, 0.3) is 5.69 Å². The number of para-hydroxylation sites is 1. The summed E-state index contributed by atoms with van der Waals surface area (Å²) >= 11 is 5.82. The molecule has 40 heavy (non-hydrogen) atoms. The number of hydrogen-bond donors (Lipinski definition) is 1. The number of pyridine rings is 1. The lowest BCUT2D eigenvalue weighted by molar-refractivity contribution is -0.384. The van der Waals surface area contributed by atoms with Gasteiger partial charge in [-0.15, -0.1) is 0 Å². The Morgan fingerprint density at radius 3 is 2.52 bits per heavy atom. The van der Waals surface area contributed by atoms with E-state index in [0.29, 0.717) is 27.9 Å². The van der Waals surface area contributed by atoms with Crippen molar-refractivity contribution < 1.29 is 14.1 Å². The molecule has 9 heteroatoms. The van der Waals surface area contributed by atoms with Crippen LogP contribution in [-0.2, 0) is 0 Å². The second-order valence-electron chi connectivity index (χ2n) is 9.37. The molecule has 1 aliphatic rings. The van der Waals surface area contributed by atoms with Crippen LogP contribution in [0.3, 0.4) is 0 Å². The van der Waals surface area contributed by atoms with Crippen molar-refractivity contribution in [2.24, 2.45) is 0 Å². The van der Waals surface area contributed by atoms with E-state index >= 15 is 0 Å². The van der Waals surface area contributed by atoms with Gasteiger partial charge in [-0.3, -0.25) is 15.1 Å². The van der Waals surface area contributed by atoms with Crippen LogP contribution in [0.2, 0.25) is 0 Å². The maximum Gasteiger partial charge on any atom is 0.270 e. The molecule has 0 unspecified atom stereocenters. The zero-order valence-electron chi connectivity index (χ0n) is 21.4. The number of nitrogens with zero attached hydrogens (tertiary/aromatic N) is 3. The number of rotatable bonds is 7. The van der Waals surface area contributed by atoms with E-state index in [1.54, 1.807) is 18.3 Å². The van der Waals surface area contributed by atoms with Crippen LogP contribution in [0, 0.1) is 17.0 Å². The fourth-order valence-corrected chi connectivity index (χ4v) is 5.18. The number of thiocarbonyl (C=S) groups is 1. The van der Waals surface area contributed by atoms with Gasteiger partial charge in [-0.25, -0.2) is 0 Å². The van der Waals surface area contributed by atoms with E-state index in [1.807, 2.05) is 90.7 Å². The van der Waals surface area contributed by atoms with Crippen LogP contribution < -0.4 is 15.0 Å². The Morgan fingerprint density at radius 1 is 0.975 bits per heavy atom. The highest BCUT2D eigenvalue weighted by atomic mass is 32.1. The van der Waals surface area contributed by atoms with Gasteiger partial charge in [0, 0.05) is 29.6 Å². The van der Waals surface area contributed by atoms with Crippen LogP contribution in [-0.4, -0.2) is 15.0 Å². The number of nitro groups is 1. The van der Waals surface area contributed by atoms with E-state index in [1.165, 1.54) is 12.1 Å². The molecule has 3 heterocycles. The number of aryl methyl sites for hydroxylation is 1. The van der Waals surface area contributed by atoms with Crippen molar-refractivity contribution in [3.63, 3.8) is 0 Å². The Kier molecular flexibility index (Phi) is 6.71. The molecule has 0 spiro atoms. The summed E-state index contributed by atoms with van der Waals surface area (Å²) in [6.45, 7) is 2.01. The van der Waals surface area contributed by atoms with Crippen LogP contribution in [0.25, 0.3) is 11.3 Å². The van der Waals surface area contributed by atoms with Crippen molar-refractivity contribution >= 4 is 28.7 Å². The predicted molar refractivity (Wildman–Crippen MR) is 156 cm³/mol. The fourth-order valence-electron chi connectivity index (χ4n) is 4.83. The second-order valence-corrected chi connectivity index (χ2v) is 9.75. The van der Waals surface area contributed by atoms with Crippen LogP contribution in [0.5, 0.6) is 11.5 Å². The number of nitrogens with one attached hydrogen (secondary N) is 1. The summed E-state index contributed by atoms with van der Waals surface area (Å²) in [5.41, 5.74) is 3.33. The van der Waals surface area contributed by atoms with Gasteiger partial charge in [0.2, 0.25) is 0 Å². The van der Waals surface area contributed by atoms with Crippen molar-refractivity contribution in [3.05, 3.63) is 136 Å².